The zero-order valence-corrected chi connectivity index (χ0v) is 18.2. The Morgan fingerprint density at radius 1 is 1.00 bits per heavy atom. The van der Waals surface area contributed by atoms with Crippen LogP contribution in [0.4, 0.5) is 5.69 Å². The van der Waals surface area contributed by atoms with E-state index in [9.17, 15) is 19.2 Å². The summed E-state index contributed by atoms with van der Waals surface area (Å²) in [4.78, 5) is 50.8. The van der Waals surface area contributed by atoms with Gasteiger partial charge in [-0.1, -0.05) is 31.5 Å². The molecule has 1 aliphatic heterocycles. The van der Waals surface area contributed by atoms with E-state index in [0.717, 1.165) is 11.1 Å². The number of ether oxygens (including phenoxy) is 1. The van der Waals surface area contributed by atoms with Gasteiger partial charge in [0.25, 0.3) is 17.7 Å². The molecular formula is C24H26N2O5. The number of anilines is 1. The van der Waals surface area contributed by atoms with Crippen molar-refractivity contribution in [3.8, 4) is 0 Å². The second-order valence-corrected chi connectivity index (χ2v) is 8.15. The molecule has 0 spiro atoms. The summed E-state index contributed by atoms with van der Waals surface area (Å²) < 4.78 is 5.09. The molecular weight excluding hydrogens is 396 g/mol. The van der Waals surface area contributed by atoms with Crippen molar-refractivity contribution < 1.29 is 23.9 Å². The van der Waals surface area contributed by atoms with Crippen molar-refractivity contribution in [1.82, 2.24) is 4.90 Å². The lowest BCUT2D eigenvalue weighted by Gasteiger charge is -2.14. The third kappa shape index (κ3) is 4.99. The summed E-state index contributed by atoms with van der Waals surface area (Å²) in [5.41, 5.74) is 3.21. The summed E-state index contributed by atoms with van der Waals surface area (Å²) in [5, 5.41) is 2.71. The van der Waals surface area contributed by atoms with Crippen LogP contribution < -0.4 is 5.32 Å². The minimum Gasteiger partial charge on any atom is -0.452 e. The summed E-state index contributed by atoms with van der Waals surface area (Å²) in [7, 11) is 0. The minimum absolute atomic E-state index is 0.116. The molecule has 1 aliphatic rings. The summed E-state index contributed by atoms with van der Waals surface area (Å²) in [6.45, 7) is 7.74. The highest BCUT2D eigenvalue weighted by Gasteiger charge is 2.35. The monoisotopic (exact) mass is 422 g/mol. The third-order valence-electron chi connectivity index (χ3n) is 5.13. The molecule has 0 radical (unpaired) electrons. The molecule has 0 bridgehead atoms. The van der Waals surface area contributed by atoms with Crippen molar-refractivity contribution in [3.05, 3.63) is 64.2 Å². The number of fused-ring (bicyclic) bond motifs is 1. The summed E-state index contributed by atoms with van der Waals surface area (Å²) in [6.07, 6.45) is 0.704. The van der Waals surface area contributed by atoms with Gasteiger partial charge in [-0.15, -0.1) is 0 Å². The van der Waals surface area contributed by atoms with Crippen molar-refractivity contribution in [2.45, 2.75) is 34.1 Å². The van der Waals surface area contributed by atoms with E-state index in [-0.39, 0.29) is 22.6 Å². The first-order chi connectivity index (χ1) is 14.7. The molecule has 3 amide bonds. The Kier molecular flexibility index (Phi) is 6.53. The highest BCUT2D eigenvalue weighted by Crippen LogP contribution is 2.25. The Balaban J connectivity index is 1.63. The molecule has 0 atom stereocenters. The Morgan fingerprint density at radius 3 is 2.39 bits per heavy atom. The first-order valence-corrected chi connectivity index (χ1v) is 10.2. The van der Waals surface area contributed by atoms with Crippen LogP contribution in [0.15, 0.2) is 36.4 Å². The van der Waals surface area contributed by atoms with Gasteiger partial charge in [0.1, 0.15) is 0 Å². The van der Waals surface area contributed by atoms with E-state index in [1.54, 1.807) is 6.07 Å². The van der Waals surface area contributed by atoms with Gasteiger partial charge in [0, 0.05) is 12.2 Å². The number of esters is 1. The molecule has 0 saturated carbocycles. The number of hydrogen-bond acceptors (Lipinski definition) is 5. The standard InChI is InChI=1S/C24H26N2O5/c1-14(2)9-10-26-22(28)18-7-6-17(12-19(18)23(26)29)24(30)31-13-21(27)25-20-8-5-15(3)11-16(20)4/h5-8,11-12,14H,9-10,13H2,1-4H3,(H,25,27). The number of rotatable bonds is 7. The second-order valence-electron chi connectivity index (χ2n) is 8.15. The van der Waals surface area contributed by atoms with Gasteiger partial charge in [-0.2, -0.15) is 0 Å². The van der Waals surface area contributed by atoms with E-state index in [1.165, 1.54) is 23.1 Å². The number of carbonyl (C=O) groups is 4. The number of carbonyl (C=O) groups excluding carboxylic acids is 4. The minimum atomic E-state index is -0.737. The van der Waals surface area contributed by atoms with Gasteiger partial charge in [-0.05, 0) is 56.0 Å². The lowest BCUT2D eigenvalue weighted by Crippen LogP contribution is -2.31. The molecule has 7 heteroatoms. The number of nitrogens with zero attached hydrogens (tertiary/aromatic N) is 1. The van der Waals surface area contributed by atoms with Crippen molar-refractivity contribution in [2.24, 2.45) is 5.92 Å². The van der Waals surface area contributed by atoms with E-state index >= 15 is 0 Å². The molecule has 0 saturated heterocycles. The van der Waals surface area contributed by atoms with E-state index in [2.05, 4.69) is 5.32 Å². The number of amides is 3. The van der Waals surface area contributed by atoms with Crippen LogP contribution in [0, 0.1) is 19.8 Å². The van der Waals surface area contributed by atoms with Crippen LogP contribution in [0.1, 0.15) is 62.5 Å². The fourth-order valence-corrected chi connectivity index (χ4v) is 3.36. The summed E-state index contributed by atoms with van der Waals surface area (Å²) in [5.74, 6) is -1.62. The van der Waals surface area contributed by atoms with Gasteiger partial charge < -0.3 is 10.1 Å². The van der Waals surface area contributed by atoms with Crippen LogP contribution in [0.25, 0.3) is 0 Å². The molecule has 1 heterocycles. The molecule has 2 aromatic carbocycles. The molecule has 0 aliphatic carbocycles. The third-order valence-corrected chi connectivity index (χ3v) is 5.13. The van der Waals surface area contributed by atoms with E-state index in [1.807, 2.05) is 39.8 Å². The van der Waals surface area contributed by atoms with Crippen molar-refractivity contribution in [2.75, 3.05) is 18.5 Å². The molecule has 0 fully saturated rings. The molecule has 3 rings (SSSR count). The predicted molar refractivity (Wildman–Crippen MR) is 116 cm³/mol. The molecule has 162 valence electrons. The van der Waals surface area contributed by atoms with Crippen LogP contribution in [0.3, 0.4) is 0 Å². The van der Waals surface area contributed by atoms with Gasteiger partial charge in [0.15, 0.2) is 6.61 Å². The fraction of sp³-hybridized carbons (Fsp3) is 0.333. The van der Waals surface area contributed by atoms with Gasteiger partial charge in [-0.25, -0.2) is 4.79 Å². The quantitative estimate of drug-likeness (QED) is 0.542. The maximum absolute atomic E-state index is 12.6. The van der Waals surface area contributed by atoms with Crippen LogP contribution in [0.5, 0.6) is 0 Å². The first-order valence-electron chi connectivity index (χ1n) is 10.2. The van der Waals surface area contributed by atoms with Crippen LogP contribution in [-0.2, 0) is 9.53 Å². The molecule has 2 aromatic rings. The molecule has 31 heavy (non-hydrogen) atoms. The van der Waals surface area contributed by atoms with Crippen molar-refractivity contribution in [3.63, 3.8) is 0 Å². The number of aryl methyl sites for hydroxylation is 2. The highest BCUT2D eigenvalue weighted by atomic mass is 16.5. The molecule has 0 aromatic heterocycles. The number of nitrogens with one attached hydrogen (secondary N) is 1. The van der Waals surface area contributed by atoms with Gasteiger partial charge >= 0.3 is 5.97 Å². The SMILES string of the molecule is Cc1ccc(NC(=O)COC(=O)c2ccc3c(c2)C(=O)N(CCC(C)C)C3=O)c(C)c1. The second kappa shape index (κ2) is 9.12. The van der Waals surface area contributed by atoms with Gasteiger partial charge in [-0.3, -0.25) is 19.3 Å². The Labute approximate surface area is 181 Å². The topological polar surface area (TPSA) is 92.8 Å². The maximum atomic E-state index is 12.6. The van der Waals surface area contributed by atoms with Crippen LogP contribution in [-0.4, -0.2) is 41.7 Å². The maximum Gasteiger partial charge on any atom is 0.338 e. The Bertz CT molecular complexity index is 1060. The number of benzene rings is 2. The zero-order chi connectivity index (χ0) is 22.7. The Morgan fingerprint density at radius 2 is 1.71 bits per heavy atom. The molecule has 7 nitrogen and oxygen atoms in total. The van der Waals surface area contributed by atoms with Crippen LogP contribution in [0.2, 0.25) is 0 Å². The number of imide groups is 1. The van der Waals surface area contributed by atoms with E-state index < -0.39 is 24.4 Å². The highest BCUT2D eigenvalue weighted by molar-refractivity contribution is 6.22. The summed E-state index contributed by atoms with van der Waals surface area (Å²) in [6, 6.07) is 9.85. The lowest BCUT2D eigenvalue weighted by molar-refractivity contribution is -0.119. The smallest absolute Gasteiger partial charge is 0.338 e. The predicted octanol–water partition coefficient (Wildman–Crippen LogP) is 3.74. The van der Waals surface area contributed by atoms with Gasteiger partial charge in [0.2, 0.25) is 0 Å². The van der Waals surface area contributed by atoms with Gasteiger partial charge in [0.05, 0.1) is 16.7 Å². The molecule has 1 N–H and O–H groups in total. The number of hydrogen-bond donors (Lipinski definition) is 1. The first kappa shape index (κ1) is 22.2. The zero-order valence-electron chi connectivity index (χ0n) is 18.2. The average molecular weight is 422 g/mol. The van der Waals surface area contributed by atoms with E-state index in [0.29, 0.717) is 24.6 Å². The average Bonchev–Trinajstić information content (AvgIpc) is 2.96. The van der Waals surface area contributed by atoms with E-state index in [4.69, 9.17) is 4.74 Å². The van der Waals surface area contributed by atoms with Crippen LogP contribution >= 0.6 is 0 Å². The normalized spacial score (nSPS) is 12.9. The Hall–Kier alpha value is -3.48. The summed E-state index contributed by atoms with van der Waals surface area (Å²) >= 11 is 0. The lowest BCUT2D eigenvalue weighted by atomic mass is 10.1. The fourth-order valence-electron chi connectivity index (χ4n) is 3.36. The van der Waals surface area contributed by atoms with Crippen molar-refractivity contribution in [1.29, 1.82) is 0 Å². The molecule has 0 unspecified atom stereocenters. The largest absolute Gasteiger partial charge is 0.452 e. The van der Waals surface area contributed by atoms with Crippen molar-refractivity contribution >= 4 is 29.4 Å².